The first-order valence-electron chi connectivity index (χ1n) is 10.2. The summed E-state index contributed by atoms with van der Waals surface area (Å²) < 4.78 is 25.4. The van der Waals surface area contributed by atoms with E-state index in [1.165, 1.54) is 24.3 Å². The van der Waals surface area contributed by atoms with E-state index in [4.69, 9.17) is 9.31 Å². The molecule has 1 saturated carbocycles. The van der Waals surface area contributed by atoms with Gasteiger partial charge in [0.1, 0.15) is 5.82 Å². The van der Waals surface area contributed by atoms with Crippen molar-refractivity contribution in [3.05, 3.63) is 65.5 Å². The van der Waals surface area contributed by atoms with Gasteiger partial charge in [-0.3, -0.25) is 4.79 Å². The molecule has 4 nitrogen and oxygen atoms in total. The Hall–Kier alpha value is -2.18. The molecule has 1 aliphatic heterocycles. The van der Waals surface area contributed by atoms with Crippen molar-refractivity contribution in [3.63, 3.8) is 0 Å². The number of hydrogen-bond donors (Lipinski definition) is 1. The number of nitrogens with one attached hydrogen (secondary N) is 1. The minimum Gasteiger partial charge on any atom is -0.399 e. The molecule has 2 aromatic carbocycles. The summed E-state index contributed by atoms with van der Waals surface area (Å²) in [6, 6.07) is 13.8. The number of rotatable bonds is 4. The van der Waals surface area contributed by atoms with Gasteiger partial charge in [-0.2, -0.15) is 0 Å². The van der Waals surface area contributed by atoms with Gasteiger partial charge in [-0.1, -0.05) is 24.3 Å². The van der Waals surface area contributed by atoms with Crippen LogP contribution in [0.3, 0.4) is 0 Å². The minimum absolute atomic E-state index is 0.181. The van der Waals surface area contributed by atoms with Crippen molar-refractivity contribution < 1.29 is 18.5 Å². The van der Waals surface area contributed by atoms with Crippen molar-refractivity contribution in [2.24, 2.45) is 0 Å². The standard InChI is InChI=1S/C23H27BFNO3/c1-21(2)22(3,4)29-24(28-21)18-10-8-17(9-11-18)23(14-5-15-23)26-20(27)16-6-12-19(25)13-7-16/h6-13H,5,14-15H2,1-4H3,(H,26,27). The average Bonchev–Trinajstić information content (AvgIpc) is 2.86. The smallest absolute Gasteiger partial charge is 0.399 e. The molecule has 0 atom stereocenters. The first-order chi connectivity index (χ1) is 13.6. The van der Waals surface area contributed by atoms with Crippen LogP contribution in [0.5, 0.6) is 0 Å². The van der Waals surface area contributed by atoms with Crippen LogP contribution >= 0.6 is 0 Å². The third-order valence-corrected chi connectivity index (χ3v) is 6.66. The molecular weight excluding hydrogens is 368 g/mol. The molecule has 4 rings (SSSR count). The monoisotopic (exact) mass is 395 g/mol. The number of hydrogen-bond acceptors (Lipinski definition) is 3. The molecule has 1 amide bonds. The molecule has 152 valence electrons. The summed E-state index contributed by atoms with van der Waals surface area (Å²) in [5.74, 6) is -0.530. The predicted octanol–water partition coefficient (Wildman–Crippen LogP) is 3.93. The lowest BCUT2D eigenvalue weighted by atomic mass is 9.70. The number of benzene rings is 2. The lowest BCUT2D eigenvalue weighted by Gasteiger charge is -2.43. The fourth-order valence-corrected chi connectivity index (χ4v) is 3.85. The van der Waals surface area contributed by atoms with Gasteiger partial charge in [-0.15, -0.1) is 0 Å². The summed E-state index contributed by atoms with van der Waals surface area (Å²) in [5.41, 5.74) is 1.36. The highest BCUT2D eigenvalue weighted by Crippen LogP contribution is 2.41. The van der Waals surface area contributed by atoms with Crippen molar-refractivity contribution in [2.75, 3.05) is 0 Å². The molecule has 0 radical (unpaired) electrons. The SMILES string of the molecule is CC1(C)OB(c2ccc(C3(NC(=O)c4ccc(F)cc4)CCC3)cc2)OC1(C)C. The Morgan fingerprint density at radius 3 is 1.97 bits per heavy atom. The van der Waals surface area contributed by atoms with E-state index in [-0.39, 0.29) is 28.5 Å². The third-order valence-electron chi connectivity index (χ3n) is 6.66. The zero-order valence-electron chi connectivity index (χ0n) is 17.4. The number of carbonyl (C=O) groups excluding carboxylic acids is 1. The molecule has 2 fully saturated rings. The molecule has 1 N–H and O–H groups in total. The first-order valence-corrected chi connectivity index (χ1v) is 10.2. The molecule has 6 heteroatoms. The first kappa shape index (κ1) is 20.1. The van der Waals surface area contributed by atoms with Crippen molar-refractivity contribution in [1.29, 1.82) is 0 Å². The Morgan fingerprint density at radius 2 is 1.48 bits per heavy atom. The van der Waals surface area contributed by atoms with E-state index in [2.05, 4.69) is 5.32 Å². The maximum absolute atomic E-state index is 13.1. The molecule has 1 aliphatic carbocycles. The van der Waals surface area contributed by atoms with Crippen molar-refractivity contribution in [1.82, 2.24) is 5.32 Å². The second-order valence-corrected chi connectivity index (χ2v) is 9.11. The third kappa shape index (κ3) is 3.60. The highest BCUT2D eigenvalue weighted by Gasteiger charge is 2.51. The van der Waals surface area contributed by atoms with E-state index < -0.39 is 7.12 Å². The van der Waals surface area contributed by atoms with E-state index in [0.29, 0.717) is 5.56 Å². The van der Waals surface area contributed by atoms with Gasteiger partial charge >= 0.3 is 7.12 Å². The molecular formula is C23H27BFNO3. The van der Waals surface area contributed by atoms with Crippen LogP contribution < -0.4 is 10.8 Å². The Labute approximate surface area is 171 Å². The van der Waals surface area contributed by atoms with Crippen LogP contribution in [-0.2, 0) is 14.8 Å². The molecule has 0 bridgehead atoms. The van der Waals surface area contributed by atoms with Crippen LogP contribution in [0.2, 0.25) is 0 Å². The van der Waals surface area contributed by atoms with Crippen LogP contribution in [0.25, 0.3) is 0 Å². The van der Waals surface area contributed by atoms with Gasteiger partial charge in [-0.25, -0.2) is 4.39 Å². The molecule has 2 aromatic rings. The van der Waals surface area contributed by atoms with E-state index in [0.717, 1.165) is 30.3 Å². The lowest BCUT2D eigenvalue weighted by Crippen LogP contribution is -2.51. The van der Waals surface area contributed by atoms with Crippen molar-refractivity contribution >= 4 is 18.5 Å². The van der Waals surface area contributed by atoms with E-state index in [1.54, 1.807) is 0 Å². The Bertz CT molecular complexity index is 889. The molecule has 0 spiro atoms. The maximum atomic E-state index is 13.1. The zero-order valence-corrected chi connectivity index (χ0v) is 17.4. The molecule has 1 saturated heterocycles. The highest BCUT2D eigenvalue weighted by molar-refractivity contribution is 6.62. The molecule has 0 aromatic heterocycles. The quantitative estimate of drug-likeness (QED) is 0.798. The van der Waals surface area contributed by atoms with Crippen molar-refractivity contribution in [2.45, 2.75) is 63.7 Å². The van der Waals surface area contributed by atoms with Gasteiger partial charge in [0.2, 0.25) is 0 Å². The molecule has 1 heterocycles. The van der Waals surface area contributed by atoms with Crippen LogP contribution in [0.15, 0.2) is 48.5 Å². The van der Waals surface area contributed by atoms with E-state index in [1.807, 2.05) is 52.0 Å². The fourth-order valence-electron chi connectivity index (χ4n) is 3.85. The lowest BCUT2D eigenvalue weighted by molar-refractivity contribution is 0.00578. The zero-order chi connectivity index (χ0) is 20.9. The van der Waals surface area contributed by atoms with Crippen LogP contribution in [0.1, 0.15) is 62.9 Å². The number of amides is 1. The summed E-state index contributed by atoms with van der Waals surface area (Å²) in [5, 5.41) is 3.17. The Balaban J connectivity index is 1.51. The minimum atomic E-state index is -0.403. The highest BCUT2D eigenvalue weighted by atomic mass is 19.1. The van der Waals surface area contributed by atoms with Crippen LogP contribution in [0, 0.1) is 5.82 Å². The normalized spacial score (nSPS) is 21.5. The van der Waals surface area contributed by atoms with Crippen LogP contribution in [0.4, 0.5) is 4.39 Å². The largest absolute Gasteiger partial charge is 0.494 e. The fraction of sp³-hybridized carbons (Fsp3) is 0.435. The number of halogens is 1. The average molecular weight is 395 g/mol. The van der Waals surface area contributed by atoms with Gasteiger partial charge in [0.25, 0.3) is 5.91 Å². The molecule has 2 aliphatic rings. The van der Waals surface area contributed by atoms with Gasteiger partial charge in [-0.05, 0) is 82.2 Å². The van der Waals surface area contributed by atoms with Gasteiger partial charge < -0.3 is 14.6 Å². The second kappa shape index (κ2) is 6.96. The van der Waals surface area contributed by atoms with E-state index >= 15 is 0 Å². The van der Waals surface area contributed by atoms with Gasteiger partial charge in [0, 0.05) is 5.56 Å². The number of carbonyl (C=O) groups is 1. The van der Waals surface area contributed by atoms with Crippen molar-refractivity contribution in [3.8, 4) is 0 Å². The van der Waals surface area contributed by atoms with Crippen LogP contribution in [-0.4, -0.2) is 24.2 Å². The topological polar surface area (TPSA) is 47.6 Å². The summed E-state index contributed by atoms with van der Waals surface area (Å²) in [6.45, 7) is 8.15. The summed E-state index contributed by atoms with van der Waals surface area (Å²) in [7, 11) is -0.403. The molecule has 29 heavy (non-hydrogen) atoms. The van der Waals surface area contributed by atoms with Gasteiger partial charge in [0.05, 0.1) is 16.7 Å². The maximum Gasteiger partial charge on any atom is 0.494 e. The summed E-state index contributed by atoms with van der Waals surface area (Å²) in [6.07, 6.45) is 2.83. The molecule has 0 unspecified atom stereocenters. The Kier molecular flexibility index (Phi) is 4.83. The van der Waals surface area contributed by atoms with E-state index in [9.17, 15) is 9.18 Å². The van der Waals surface area contributed by atoms with Gasteiger partial charge in [0.15, 0.2) is 0 Å². The summed E-state index contributed by atoms with van der Waals surface area (Å²) in [4.78, 5) is 12.7. The second-order valence-electron chi connectivity index (χ2n) is 9.11. The Morgan fingerprint density at radius 1 is 0.931 bits per heavy atom. The predicted molar refractivity (Wildman–Crippen MR) is 112 cm³/mol. The summed E-state index contributed by atoms with van der Waals surface area (Å²) >= 11 is 0.